The van der Waals surface area contributed by atoms with E-state index in [0.29, 0.717) is 22.3 Å². The molecule has 0 radical (unpaired) electrons. The normalized spacial score (nSPS) is 10.9. The van der Waals surface area contributed by atoms with Crippen LogP contribution in [0.1, 0.15) is 40.9 Å². The van der Waals surface area contributed by atoms with Crippen LogP contribution in [-0.2, 0) is 6.54 Å². The molecule has 0 aliphatic heterocycles. The molecule has 0 atom stereocenters. The summed E-state index contributed by atoms with van der Waals surface area (Å²) in [6, 6.07) is 0. The maximum atomic E-state index is 12.4. The number of fused-ring (bicyclic) bond motifs is 1. The first-order chi connectivity index (χ1) is 10.1. The number of nitrogens with zero attached hydrogens (tertiary/aromatic N) is 2. The molecular weight excluding hydrogens is 288 g/mol. The summed E-state index contributed by atoms with van der Waals surface area (Å²) in [5.41, 5.74) is 0.367. The molecule has 21 heavy (non-hydrogen) atoms. The van der Waals surface area contributed by atoms with Crippen molar-refractivity contribution in [2.24, 2.45) is 0 Å². The van der Waals surface area contributed by atoms with Crippen LogP contribution >= 0.6 is 11.3 Å². The number of unbranched alkanes of at least 4 members (excludes halogenated alkanes) is 3. The van der Waals surface area contributed by atoms with Crippen molar-refractivity contribution in [3.63, 3.8) is 0 Å². The lowest BCUT2D eigenvalue weighted by atomic mass is 10.2. The average molecular weight is 306 g/mol. The third-order valence-electron chi connectivity index (χ3n) is 3.42. The van der Waals surface area contributed by atoms with E-state index in [-0.39, 0.29) is 10.4 Å². The van der Waals surface area contributed by atoms with Crippen molar-refractivity contribution < 1.29 is 9.90 Å². The van der Waals surface area contributed by atoms with Gasteiger partial charge in [-0.15, -0.1) is 17.9 Å². The van der Waals surface area contributed by atoms with E-state index in [2.05, 4.69) is 11.6 Å². The molecule has 5 nitrogen and oxygen atoms in total. The van der Waals surface area contributed by atoms with E-state index in [1.807, 2.05) is 6.08 Å². The average Bonchev–Trinajstić information content (AvgIpc) is 2.79. The summed E-state index contributed by atoms with van der Waals surface area (Å²) in [7, 11) is 0. The number of aromatic nitrogens is 2. The number of carboxylic acids is 1. The standard InChI is InChI=1S/C15H18N2O3S/c1-3-4-5-6-7-8-17-9-16-13-11(14(17)18)10(2)12(21-13)15(19)20/h3,9H,1,4-8H2,2H3,(H,19,20). The molecule has 0 aliphatic carbocycles. The molecule has 0 amide bonds. The summed E-state index contributed by atoms with van der Waals surface area (Å²) < 4.78 is 1.57. The Morgan fingerprint density at radius 2 is 2.24 bits per heavy atom. The quantitative estimate of drug-likeness (QED) is 0.630. The second kappa shape index (κ2) is 6.67. The van der Waals surface area contributed by atoms with E-state index >= 15 is 0 Å². The van der Waals surface area contributed by atoms with Gasteiger partial charge in [-0.2, -0.15) is 0 Å². The van der Waals surface area contributed by atoms with Crippen LogP contribution in [0, 0.1) is 6.92 Å². The van der Waals surface area contributed by atoms with Crippen molar-refractivity contribution in [2.75, 3.05) is 0 Å². The Bertz CT molecular complexity index is 730. The maximum Gasteiger partial charge on any atom is 0.346 e. The van der Waals surface area contributed by atoms with Crippen molar-refractivity contribution in [3.8, 4) is 0 Å². The van der Waals surface area contributed by atoms with E-state index in [4.69, 9.17) is 5.11 Å². The van der Waals surface area contributed by atoms with Gasteiger partial charge < -0.3 is 5.11 Å². The Labute approximate surface area is 126 Å². The number of carboxylic acid groups (broad SMARTS) is 1. The number of thiophene rings is 1. The number of carbonyl (C=O) groups is 1. The number of allylic oxidation sites excluding steroid dienone is 1. The van der Waals surface area contributed by atoms with E-state index in [1.54, 1.807) is 11.5 Å². The van der Waals surface area contributed by atoms with Gasteiger partial charge in [-0.3, -0.25) is 9.36 Å². The van der Waals surface area contributed by atoms with Crippen molar-refractivity contribution in [2.45, 2.75) is 39.2 Å². The van der Waals surface area contributed by atoms with Gasteiger partial charge in [-0.25, -0.2) is 9.78 Å². The number of rotatable bonds is 7. The van der Waals surface area contributed by atoms with E-state index in [9.17, 15) is 9.59 Å². The number of hydrogen-bond acceptors (Lipinski definition) is 4. The molecule has 2 aromatic rings. The highest BCUT2D eigenvalue weighted by atomic mass is 32.1. The second-order valence-electron chi connectivity index (χ2n) is 4.92. The SMILES string of the molecule is C=CCCCCCn1cnc2sc(C(=O)O)c(C)c2c1=O. The molecule has 0 aliphatic rings. The minimum Gasteiger partial charge on any atom is -0.477 e. The van der Waals surface area contributed by atoms with Crippen LogP contribution in [0.25, 0.3) is 10.2 Å². The highest BCUT2D eigenvalue weighted by molar-refractivity contribution is 7.20. The van der Waals surface area contributed by atoms with Crippen LogP contribution in [0.5, 0.6) is 0 Å². The zero-order valence-corrected chi connectivity index (χ0v) is 12.8. The van der Waals surface area contributed by atoms with Crippen LogP contribution in [0.4, 0.5) is 0 Å². The Morgan fingerprint density at radius 1 is 1.48 bits per heavy atom. The smallest absolute Gasteiger partial charge is 0.346 e. The molecule has 6 heteroatoms. The van der Waals surface area contributed by atoms with Crippen LogP contribution in [-0.4, -0.2) is 20.6 Å². The second-order valence-corrected chi connectivity index (χ2v) is 5.92. The Balaban J connectivity index is 2.25. The van der Waals surface area contributed by atoms with Gasteiger partial charge in [0.25, 0.3) is 5.56 Å². The third-order valence-corrected chi connectivity index (χ3v) is 4.61. The summed E-state index contributed by atoms with van der Waals surface area (Å²) in [6.45, 7) is 5.95. The van der Waals surface area contributed by atoms with Crippen molar-refractivity contribution in [1.29, 1.82) is 0 Å². The van der Waals surface area contributed by atoms with Gasteiger partial charge in [-0.05, 0) is 31.7 Å². The van der Waals surface area contributed by atoms with Crippen LogP contribution in [0.2, 0.25) is 0 Å². The molecule has 2 rings (SSSR count). The Kier molecular flexibility index (Phi) is 4.90. The molecule has 0 spiro atoms. The fraction of sp³-hybridized carbons (Fsp3) is 0.400. The minimum atomic E-state index is -1.01. The van der Waals surface area contributed by atoms with E-state index in [0.717, 1.165) is 37.0 Å². The lowest BCUT2D eigenvalue weighted by molar-refractivity contribution is 0.0701. The molecule has 112 valence electrons. The third kappa shape index (κ3) is 3.21. The highest BCUT2D eigenvalue weighted by Crippen LogP contribution is 2.26. The van der Waals surface area contributed by atoms with Gasteiger partial charge in [0.1, 0.15) is 9.71 Å². The summed E-state index contributed by atoms with van der Waals surface area (Å²) in [4.78, 5) is 28.5. The highest BCUT2D eigenvalue weighted by Gasteiger charge is 2.18. The Morgan fingerprint density at radius 3 is 2.90 bits per heavy atom. The van der Waals surface area contributed by atoms with Gasteiger partial charge in [-0.1, -0.05) is 12.5 Å². The molecule has 0 bridgehead atoms. The van der Waals surface area contributed by atoms with Gasteiger partial charge in [0.15, 0.2) is 0 Å². The fourth-order valence-corrected chi connectivity index (χ4v) is 3.25. The number of aromatic carboxylic acids is 1. The number of aryl methyl sites for hydroxylation is 2. The molecule has 0 unspecified atom stereocenters. The largest absolute Gasteiger partial charge is 0.477 e. The van der Waals surface area contributed by atoms with Crippen molar-refractivity contribution >= 4 is 27.5 Å². The Hall–Kier alpha value is -1.95. The summed E-state index contributed by atoms with van der Waals surface area (Å²) in [6.07, 6.45) is 7.38. The monoisotopic (exact) mass is 306 g/mol. The van der Waals surface area contributed by atoms with Crippen molar-refractivity contribution in [3.05, 3.63) is 39.8 Å². The first-order valence-corrected chi connectivity index (χ1v) is 7.70. The molecule has 0 saturated heterocycles. The lowest BCUT2D eigenvalue weighted by Gasteiger charge is -2.05. The van der Waals surface area contributed by atoms with Crippen molar-refractivity contribution in [1.82, 2.24) is 9.55 Å². The predicted octanol–water partition coefficient (Wildman–Crippen LogP) is 3.21. The molecule has 2 heterocycles. The number of hydrogen-bond donors (Lipinski definition) is 1. The maximum absolute atomic E-state index is 12.4. The zero-order chi connectivity index (χ0) is 15.4. The van der Waals surface area contributed by atoms with Gasteiger partial charge in [0.05, 0.1) is 11.7 Å². The summed E-state index contributed by atoms with van der Waals surface area (Å²) >= 11 is 1.05. The van der Waals surface area contributed by atoms with Crippen LogP contribution in [0.3, 0.4) is 0 Å². The van der Waals surface area contributed by atoms with E-state index < -0.39 is 5.97 Å². The minimum absolute atomic E-state index is 0.148. The van der Waals surface area contributed by atoms with Crippen LogP contribution < -0.4 is 5.56 Å². The topological polar surface area (TPSA) is 72.2 Å². The van der Waals surface area contributed by atoms with Gasteiger partial charge in [0, 0.05) is 6.54 Å². The molecule has 0 saturated carbocycles. The molecule has 2 aromatic heterocycles. The first kappa shape index (κ1) is 15.4. The lowest BCUT2D eigenvalue weighted by Crippen LogP contribution is -2.20. The molecular formula is C15H18N2O3S. The fourth-order valence-electron chi connectivity index (χ4n) is 2.27. The summed E-state index contributed by atoms with van der Waals surface area (Å²) in [5.74, 6) is -1.01. The van der Waals surface area contributed by atoms with Gasteiger partial charge >= 0.3 is 5.97 Å². The van der Waals surface area contributed by atoms with Gasteiger partial charge in [0.2, 0.25) is 0 Å². The first-order valence-electron chi connectivity index (χ1n) is 6.89. The molecule has 1 N–H and O–H groups in total. The summed E-state index contributed by atoms with van der Waals surface area (Å²) in [5, 5.41) is 9.55. The predicted molar refractivity (Wildman–Crippen MR) is 84.2 cm³/mol. The van der Waals surface area contributed by atoms with Crippen LogP contribution in [0.15, 0.2) is 23.8 Å². The molecule has 0 aromatic carbocycles. The molecule has 0 fully saturated rings. The zero-order valence-electron chi connectivity index (χ0n) is 12.0. The van der Waals surface area contributed by atoms with E-state index in [1.165, 1.54) is 6.33 Å².